The number of benzene rings is 1. The Balaban J connectivity index is 2.17. The van der Waals surface area contributed by atoms with Crippen LogP contribution >= 0.6 is 0 Å². The monoisotopic (exact) mass is 244 g/mol. The summed E-state index contributed by atoms with van der Waals surface area (Å²) < 4.78 is 5.51. The first-order chi connectivity index (χ1) is 8.77. The van der Waals surface area contributed by atoms with Gasteiger partial charge in [0.15, 0.2) is 0 Å². The second kappa shape index (κ2) is 5.54. The Bertz CT molecular complexity index is 479. The summed E-state index contributed by atoms with van der Waals surface area (Å²) in [6.45, 7) is 3.14. The van der Waals surface area contributed by atoms with E-state index in [2.05, 4.69) is 0 Å². The van der Waals surface area contributed by atoms with E-state index in [1.165, 1.54) is 0 Å². The van der Waals surface area contributed by atoms with Crippen molar-refractivity contribution in [2.75, 3.05) is 19.7 Å². The van der Waals surface area contributed by atoms with Crippen molar-refractivity contribution in [3.8, 4) is 11.8 Å². The maximum absolute atomic E-state index is 12.4. The second-order valence-electron chi connectivity index (χ2n) is 4.32. The van der Waals surface area contributed by atoms with Crippen LogP contribution in [0.3, 0.4) is 0 Å². The lowest BCUT2D eigenvalue weighted by Crippen LogP contribution is -2.36. The van der Waals surface area contributed by atoms with E-state index in [1.54, 1.807) is 4.90 Å². The van der Waals surface area contributed by atoms with Gasteiger partial charge in [-0.2, -0.15) is 5.26 Å². The molecule has 0 bridgehead atoms. The zero-order chi connectivity index (χ0) is 13.0. The summed E-state index contributed by atoms with van der Waals surface area (Å²) >= 11 is 0. The van der Waals surface area contributed by atoms with Gasteiger partial charge in [0.1, 0.15) is 24.8 Å². The van der Waals surface area contributed by atoms with E-state index in [1.807, 2.05) is 37.3 Å². The predicted molar refractivity (Wildman–Crippen MR) is 67.2 cm³/mol. The van der Waals surface area contributed by atoms with Crippen molar-refractivity contribution < 1.29 is 9.53 Å². The zero-order valence-corrected chi connectivity index (χ0v) is 10.4. The molecule has 0 radical (unpaired) electrons. The number of carbonyl (C=O) groups excluding carboxylic acids is 1. The molecule has 2 rings (SSSR count). The van der Waals surface area contributed by atoms with Gasteiger partial charge < -0.3 is 9.64 Å². The van der Waals surface area contributed by atoms with Crippen LogP contribution in [0.1, 0.15) is 24.8 Å². The summed E-state index contributed by atoms with van der Waals surface area (Å²) in [5.41, 5.74) is 0.932. The number of amides is 1. The van der Waals surface area contributed by atoms with Gasteiger partial charge in [0.25, 0.3) is 0 Å². The smallest absolute Gasteiger partial charge is 0.234 e. The molecule has 1 aromatic carbocycles. The predicted octanol–water partition coefficient (Wildman–Crippen LogP) is 1.92. The second-order valence-corrected chi connectivity index (χ2v) is 4.32. The number of nitriles is 1. The normalized spacial score (nSPS) is 16.6. The van der Waals surface area contributed by atoms with Crippen molar-refractivity contribution in [1.29, 1.82) is 5.26 Å². The zero-order valence-electron chi connectivity index (χ0n) is 10.4. The molecule has 1 aliphatic rings. The summed E-state index contributed by atoms with van der Waals surface area (Å²) in [7, 11) is 0. The van der Waals surface area contributed by atoms with Crippen LogP contribution in [-0.4, -0.2) is 30.5 Å². The third kappa shape index (κ3) is 2.30. The van der Waals surface area contributed by atoms with Gasteiger partial charge in [-0.25, -0.2) is 0 Å². The van der Waals surface area contributed by atoms with Crippen LogP contribution in [0.25, 0.3) is 0 Å². The van der Waals surface area contributed by atoms with E-state index in [0.717, 1.165) is 17.7 Å². The number of rotatable bonds is 4. The van der Waals surface area contributed by atoms with E-state index < -0.39 is 0 Å². The third-order valence-corrected chi connectivity index (χ3v) is 3.06. The maximum Gasteiger partial charge on any atom is 0.234 e. The number of nitrogens with zero attached hydrogens (tertiary/aromatic N) is 2. The minimum Gasteiger partial charge on any atom is -0.492 e. The van der Waals surface area contributed by atoms with Gasteiger partial charge >= 0.3 is 0 Å². The first-order valence-corrected chi connectivity index (χ1v) is 6.15. The Morgan fingerprint density at radius 1 is 1.56 bits per heavy atom. The molecule has 0 saturated carbocycles. The number of fused-ring (bicyclic) bond motifs is 1. The topological polar surface area (TPSA) is 53.3 Å². The molecule has 1 unspecified atom stereocenters. The van der Waals surface area contributed by atoms with E-state index in [4.69, 9.17) is 10.00 Å². The minimum atomic E-state index is -0.263. The number of carbonyl (C=O) groups is 1. The maximum atomic E-state index is 12.4. The molecule has 0 spiro atoms. The fourth-order valence-corrected chi connectivity index (χ4v) is 2.21. The van der Waals surface area contributed by atoms with E-state index in [9.17, 15) is 4.79 Å². The third-order valence-electron chi connectivity index (χ3n) is 3.06. The van der Waals surface area contributed by atoms with Gasteiger partial charge in [0.05, 0.1) is 6.07 Å². The number of ether oxygens (including phenoxy) is 1. The van der Waals surface area contributed by atoms with Crippen molar-refractivity contribution in [1.82, 2.24) is 4.90 Å². The molecule has 4 nitrogen and oxygen atoms in total. The number of hydrogen-bond acceptors (Lipinski definition) is 3. The number of hydrogen-bond donors (Lipinski definition) is 0. The average molecular weight is 244 g/mol. The summed E-state index contributed by atoms with van der Waals surface area (Å²) in [6.07, 6.45) is 0.850. The highest BCUT2D eigenvalue weighted by Crippen LogP contribution is 2.34. The minimum absolute atomic E-state index is 0.0108. The van der Waals surface area contributed by atoms with Gasteiger partial charge in [-0.3, -0.25) is 4.79 Å². The van der Waals surface area contributed by atoms with Crippen LogP contribution < -0.4 is 4.74 Å². The van der Waals surface area contributed by atoms with Crippen molar-refractivity contribution >= 4 is 5.91 Å². The summed E-state index contributed by atoms with van der Waals surface area (Å²) in [5.74, 6) is 0.508. The van der Waals surface area contributed by atoms with E-state index in [-0.39, 0.29) is 18.4 Å². The highest BCUT2D eigenvalue weighted by molar-refractivity contribution is 5.85. The summed E-state index contributed by atoms with van der Waals surface area (Å²) in [6, 6.07) is 9.63. The highest BCUT2D eigenvalue weighted by atomic mass is 16.5. The fourth-order valence-electron chi connectivity index (χ4n) is 2.21. The molecule has 94 valence electrons. The molecular weight excluding hydrogens is 228 g/mol. The van der Waals surface area contributed by atoms with Gasteiger partial charge in [0.2, 0.25) is 5.91 Å². The molecule has 1 atom stereocenters. The molecule has 1 aliphatic heterocycles. The summed E-state index contributed by atoms with van der Waals surface area (Å²) in [5, 5.41) is 8.78. The van der Waals surface area contributed by atoms with Crippen LogP contribution in [0.15, 0.2) is 24.3 Å². The molecule has 0 fully saturated rings. The molecule has 0 aliphatic carbocycles. The lowest BCUT2D eigenvalue weighted by molar-refractivity contribution is -0.132. The van der Waals surface area contributed by atoms with Crippen LogP contribution in [0.5, 0.6) is 5.75 Å². The Hall–Kier alpha value is -2.02. The molecule has 4 heteroatoms. The number of para-hydroxylation sites is 1. The van der Waals surface area contributed by atoms with Gasteiger partial charge in [-0.05, 0) is 12.5 Å². The van der Waals surface area contributed by atoms with E-state index in [0.29, 0.717) is 13.2 Å². The van der Waals surface area contributed by atoms with Crippen LogP contribution in [-0.2, 0) is 4.79 Å². The van der Waals surface area contributed by atoms with Crippen LogP contribution in [0.4, 0.5) is 0 Å². The van der Waals surface area contributed by atoms with E-state index >= 15 is 0 Å². The molecule has 18 heavy (non-hydrogen) atoms. The Kier molecular flexibility index (Phi) is 3.83. The molecule has 1 amide bonds. The lowest BCUT2D eigenvalue weighted by Gasteiger charge is -2.21. The molecule has 1 heterocycles. The fraction of sp³-hybridized carbons (Fsp3) is 0.429. The standard InChI is InChI=1S/C14H16N2O2/c1-2-8-16(9-7-15)14(17)12-10-18-13-6-4-3-5-11(12)13/h3-6,12H,2,8-10H2,1H3. The first kappa shape index (κ1) is 12.4. The van der Waals surface area contributed by atoms with Crippen molar-refractivity contribution in [3.63, 3.8) is 0 Å². The first-order valence-electron chi connectivity index (χ1n) is 6.15. The van der Waals surface area contributed by atoms with Crippen LogP contribution in [0, 0.1) is 11.3 Å². The molecule has 1 aromatic rings. The quantitative estimate of drug-likeness (QED) is 0.760. The van der Waals surface area contributed by atoms with Crippen LogP contribution in [0.2, 0.25) is 0 Å². The highest BCUT2D eigenvalue weighted by Gasteiger charge is 2.32. The Morgan fingerprint density at radius 2 is 2.33 bits per heavy atom. The Labute approximate surface area is 107 Å². The molecular formula is C14H16N2O2. The lowest BCUT2D eigenvalue weighted by atomic mass is 10.00. The Morgan fingerprint density at radius 3 is 3.06 bits per heavy atom. The van der Waals surface area contributed by atoms with Gasteiger partial charge in [-0.1, -0.05) is 25.1 Å². The van der Waals surface area contributed by atoms with Gasteiger partial charge in [-0.15, -0.1) is 0 Å². The molecule has 0 N–H and O–H groups in total. The molecule has 0 aromatic heterocycles. The SMILES string of the molecule is CCCN(CC#N)C(=O)C1COc2ccccc21. The van der Waals surface area contributed by atoms with Crippen molar-refractivity contribution in [3.05, 3.63) is 29.8 Å². The largest absolute Gasteiger partial charge is 0.492 e. The van der Waals surface area contributed by atoms with Crippen molar-refractivity contribution in [2.45, 2.75) is 19.3 Å². The van der Waals surface area contributed by atoms with Crippen molar-refractivity contribution in [2.24, 2.45) is 0 Å². The summed E-state index contributed by atoms with van der Waals surface area (Å²) in [4.78, 5) is 14.0. The molecule has 0 saturated heterocycles. The van der Waals surface area contributed by atoms with Gasteiger partial charge in [0, 0.05) is 12.1 Å². The average Bonchev–Trinajstić information content (AvgIpc) is 2.81.